The summed E-state index contributed by atoms with van der Waals surface area (Å²) in [5.74, 6) is -1.27. The molecule has 1 amide bonds. The molecule has 2 N–H and O–H groups in total. The molecule has 2 heterocycles. The summed E-state index contributed by atoms with van der Waals surface area (Å²) in [6.45, 7) is 1.35. The van der Waals surface area contributed by atoms with Crippen molar-refractivity contribution < 1.29 is 18.7 Å². The van der Waals surface area contributed by atoms with E-state index in [4.69, 9.17) is 4.74 Å². The third-order valence-electron chi connectivity index (χ3n) is 3.82. The third kappa shape index (κ3) is 4.61. The summed E-state index contributed by atoms with van der Waals surface area (Å²) in [7, 11) is 0. The van der Waals surface area contributed by atoms with E-state index in [1.54, 1.807) is 30.5 Å². The van der Waals surface area contributed by atoms with Crippen molar-refractivity contribution in [3.8, 4) is 0 Å². The minimum atomic E-state index is -0.461. The lowest BCUT2D eigenvalue weighted by molar-refractivity contribution is -0.140. The Kier molecular flexibility index (Phi) is 6.15. The molecule has 0 saturated carbocycles. The van der Waals surface area contributed by atoms with E-state index in [1.807, 2.05) is 0 Å². The molecule has 28 heavy (non-hydrogen) atoms. The van der Waals surface area contributed by atoms with Gasteiger partial charge in [-0.3, -0.25) is 14.6 Å². The number of ether oxygens (including phenoxy) is 1. The van der Waals surface area contributed by atoms with Gasteiger partial charge in [0.15, 0.2) is 12.4 Å². The number of esters is 1. The summed E-state index contributed by atoms with van der Waals surface area (Å²) >= 11 is 3.36. The van der Waals surface area contributed by atoms with Crippen LogP contribution in [-0.4, -0.2) is 28.6 Å². The van der Waals surface area contributed by atoms with Crippen LogP contribution in [0.3, 0.4) is 0 Å². The van der Waals surface area contributed by atoms with Gasteiger partial charge < -0.3 is 15.4 Å². The first-order valence-electron chi connectivity index (χ1n) is 8.30. The Morgan fingerprint density at radius 1 is 1.21 bits per heavy atom. The number of halogens is 2. The second-order valence-electron chi connectivity index (χ2n) is 5.79. The smallest absolute Gasteiger partial charge is 0.304 e. The SMILES string of the molecule is CC(=O)OCNc1c(C(=O)NCc2ccc(F)cc2)nc(Br)c2cccnc12. The van der Waals surface area contributed by atoms with Crippen molar-refractivity contribution in [2.75, 3.05) is 12.0 Å². The molecule has 0 atom stereocenters. The number of carbonyl (C=O) groups is 2. The minimum absolute atomic E-state index is 0.0901. The zero-order valence-corrected chi connectivity index (χ0v) is 16.4. The molecule has 3 rings (SSSR count). The van der Waals surface area contributed by atoms with E-state index in [2.05, 4.69) is 36.5 Å². The molecule has 144 valence electrons. The van der Waals surface area contributed by atoms with Crippen LogP contribution < -0.4 is 10.6 Å². The van der Waals surface area contributed by atoms with Crippen LogP contribution in [0, 0.1) is 5.82 Å². The zero-order chi connectivity index (χ0) is 20.1. The molecular formula is C19H16BrFN4O3. The maximum Gasteiger partial charge on any atom is 0.304 e. The largest absolute Gasteiger partial charge is 0.445 e. The number of amides is 1. The highest BCUT2D eigenvalue weighted by Crippen LogP contribution is 2.29. The van der Waals surface area contributed by atoms with Gasteiger partial charge in [-0.1, -0.05) is 12.1 Å². The summed E-state index contributed by atoms with van der Waals surface area (Å²) in [6.07, 6.45) is 1.59. The van der Waals surface area contributed by atoms with Crippen molar-refractivity contribution in [2.24, 2.45) is 0 Å². The van der Waals surface area contributed by atoms with E-state index in [9.17, 15) is 14.0 Å². The van der Waals surface area contributed by atoms with E-state index < -0.39 is 11.9 Å². The Labute approximate surface area is 168 Å². The van der Waals surface area contributed by atoms with Crippen LogP contribution in [0.15, 0.2) is 47.2 Å². The lowest BCUT2D eigenvalue weighted by Crippen LogP contribution is -2.26. The number of fused-ring (bicyclic) bond motifs is 1. The first kappa shape index (κ1) is 19.7. The monoisotopic (exact) mass is 446 g/mol. The minimum Gasteiger partial charge on any atom is -0.445 e. The quantitative estimate of drug-likeness (QED) is 0.342. The highest BCUT2D eigenvalue weighted by Gasteiger charge is 2.19. The molecule has 0 aliphatic heterocycles. The van der Waals surface area contributed by atoms with Crippen LogP contribution >= 0.6 is 15.9 Å². The number of anilines is 1. The fraction of sp³-hybridized carbons (Fsp3) is 0.158. The molecule has 0 aliphatic carbocycles. The van der Waals surface area contributed by atoms with E-state index in [0.29, 0.717) is 21.2 Å². The second-order valence-corrected chi connectivity index (χ2v) is 6.54. The van der Waals surface area contributed by atoms with Gasteiger partial charge in [0, 0.05) is 25.1 Å². The molecule has 0 unspecified atom stereocenters. The summed E-state index contributed by atoms with van der Waals surface area (Å²) < 4.78 is 18.4. The maximum atomic E-state index is 13.0. The Morgan fingerprint density at radius 2 is 1.96 bits per heavy atom. The van der Waals surface area contributed by atoms with Crippen molar-refractivity contribution in [1.82, 2.24) is 15.3 Å². The summed E-state index contributed by atoms with van der Waals surface area (Å²) in [5, 5.41) is 6.35. The van der Waals surface area contributed by atoms with Crippen LogP contribution in [0.2, 0.25) is 0 Å². The molecule has 9 heteroatoms. The molecular weight excluding hydrogens is 431 g/mol. The van der Waals surface area contributed by atoms with Crippen LogP contribution in [0.5, 0.6) is 0 Å². The van der Waals surface area contributed by atoms with Gasteiger partial charge in [-0.05, 0) is 45.8 Å². The van der Waals surface area contributed by atoms with Crippen LogP contribution in [0.1, 0.15) is 23.0 Å². The first-order valence-corrected chi connectivity index (χ1v) is 9.09. The van der Waals surface area contributed by atoms with Crippen molar-refractivity contribution in [1.29, 1.82) is 0 Å². The maximum absolute atomic E-state index is 13.0. The fourth-order valence-electron chi connectivity index (χ4n) is 2.51. The normalized spacial score (nSPS) is 10.5. The van der Waals surface area contributed by atoms with Crippen molar-refractivity contribution in [2.45, 2.75) is 13.5 Å². The molecule has 0 radical (unpaired) electrons. The van der Waals surface area contributed by atoms with E-state index in [0.717, 1.165) is 5.56 Å². The van der Waals surface area contributed by atoms with Gasteiger partial charge in [0.1, 0.15) is 10.4 Å². The Balaban J connectivity index is 1.90. The molecule has 0 saturated heterocycles. The van der Waals surface area contributed by atoms with Gasteiger partial charge in [-0.15, -0.1) is 0 Å². The number of hydrogen-bond donors (Lipinski definition) is 2. The molecule has 7 nitrogen and oxygen atoms in total. The number of benzene rings is 1. The number of hydrogen-bond acceptors (Lipinski definition) is 6. The number of nitrogens with zero attached hydrogens (tertiary/aromatic N) is 2. The van der Waals surface area contributed by atoms with E-state index >= 15 is 0 Å². The number of rotatable bonds is 6. The topological polar surface area (TPSA) is 93.2 Å². The number of carbonyl (C=O) groups excluding carboxylic acids is 2. The van der Waals surface area contributed by atoms with E-state index in [-0.39, 0.29) is 24.8 Å². The van der Waals surface area contributed by atoms with Crippen LogP contribution in [0.4, 0.5) is 10.1 Å². The molecule has 0 aliphatic rings. The van der Waals surface area contributed by atoms with Gasteiger partial charge in [0.25, 0.3) is 5.91 Å². The van der Waals surface area contributed by atoms with Crippen molar-refractivity contribution >= 4 is 44.4 Å². The number of nitrogens with one attached hydrogen (secondary N) is 2. The average molecular weight is 447 g/mol. The lowest BCUT2D eigenvalue weighted by Gasteiger charge is -2.14. The van der Waals surface area contributed by atoms with Gasteiger partial charge in [0.2, 0.25) is 0 Å². The Morgan fingerprint density at radius 3 is 2.68 bits per heavy atom. The molecule has 1 aromatic carbocycles. The molecule has 3 aromatic rings. The van der Waals surface area contributed by atoms with Crippen LogP contribution in [-0.2, 0) is 16.1 Å². The first-order chi connectivity index (χ1) is 13.5. The zero-order valence-electron chi connectivity index (χ0n) is 14.8. The highest BCUT2D eigenvalue weighted by molar-refractivity contribution is 9.10. The predicted molar refractivity (Wildman–Crippen MR) is 105 cm³/mol. The molecule has 2 aromatic heterocycles. The molecule has 0 fully saturated rings. The number of aromatic nitrogens is 2. The van der Waals surface area contributed by atoms with Gasteiger partial charge in [-0.25, -0.2) is 9.37 Å². The summed E-state index contributed by atoms with van der Waals surface area (Å²) in [5.41, 5.74) is 1.68. The predicted octanol–water partition coefficient (Wildman–Crippen LogP) is 3.39. The van der Waals surface area contributed by atoms with Gasteiger partial charge >= 0.3 is 5.97 Å². The van der Waals surface area contributed by atoms with Gasteiger partial charge in [-0.2, -0.15) is 0 Å². The average Bonchev–Trinajstić information content (AvgIpc) is 2.68. The Bertz CT molecular complexity index is 1030. The lowest BCUT2D eigenvalue weighted by atomic mass is 10.2. The molecule has 0 spiro atoms. The molecule has 0 bridgehead atoms. The Hall–Kier alpha value is -3.07. The van der Waals surface area contributed by atoms with E-state index in [1.165, 1.54) is 19.1 Å². The van der Waals surface area contributed by atoms with Gasteiger partial charge in [0.05, 0.1) is 11.2 Å². The van der Waals surface area contributed by atoms with Crippen molar-refractivity contribution in [3.63, 3.8) is 0 Å². The van der Waals surface area contributed by atoms with Crippen LogP contribution in [0.25, 0.3) is 10.9 Å². The summed E-state index contributed by atoms with van der Waals surface area (Å²) in [4.78, 5) is 32.4. The van der Waals surface area contributed by atoms with Crippen molar-refractivity contribution in [3.05, 3.63) is 64.3 Å². The summed E-state index contributed by atoms with van der Waals surface area (Å²) in [6, 6.07) is 9.36. The highest BCUT2D eigenvalue weighted by atomic mass is 79.9. The number of pyridine rings is 2. The fourth-order valence-corrected chi connectivity index (χ4v) is 3.00. The standard InChI is InChI=1S/C19H16BrFN4O3/c1-11(26)28-10-24-16-15-14(3-2-8-22-15)18(20)25-17(16)19(27)23-9-12-4-6-13(21)7-5-12/h2-8,24H,9-10H2,1H3,(H,23,27). The third-order valence-corrected chi connectivity index (χ3v) is 4.42. The second kappa shape index (κ2) is 8.75.